The molecule has 0 aliphatic carbocycles. The standard InChI is InChI=1S/C20H27N3O5S/c1-3-11-20(15-8-6-5-7-9-15)18(25)23(19(26)21-20)13-17(24)22(4-2)16-10-12-29(27,28)14-16/h5-9,16H,3-4,10-14H2,1-2H3,(H,21,26)/t16-,20+/m0/s1. The van der Waals surface area contributed by atoms with Gasteiger partial charge in [-0.2, -0.15) is 0 Å². The van der Waals surface area contributed by atoms with Gasteiger partial charge >= 0.3 is 6.03 Å². The summed E-state index contributed by atoms with van der Waals surface area (Å²) in [5.74, 6) is -0.883. The minimum atomic E-state index is -3.15. The van der Waals surface area contributed by atoms with E-state index in [1.807, 2.05) is 13.0 Å². The van der Waals surface area contributed by atoms with E-state index in [0.717, 1.165) is 4.90 Å². The summed E-state index contributed by atoms with van der Waals surface area (Å²) in [4.78, 5) is 41.2. The van der Waals surface area contributed by atoms with E-state index in [9.17, 15) is 22.8 Å². The summed E-state index contributed by atoms with van der Waals surface area (Å²) in [5.41, 5.74) is -0.495. The number of rotatable bonds is 7. The predicted molar refractivity (Wildman–Crippen MR) is 108 cm³/mol. The molecule has 0 unspecified atom stereocenters. The molecule has 3 rings (SSSR count). The average molecular weight is 422 g/mol. The van der Waals surface area contributed by atoms with Crippen LogP contribution in [0.1, 0.15) is 38.7 Å². The van der Waals surface area contributed by atoms with Crippen molar-refractivity contribution in [2.24, 2.45) is 0 Å². The van der Waals surface area contributed by atoms with Crippen molar-refractivity contribution in [2.45, 2.75) is 44.7 Å². The molecule has 2 heterocycles. The van der Waals surface area contributed by atoms with Gasteiger partial charge in [-0.25, -0.2) is 13.2 Å². The molecule has 2 aliphatic rings. The van der Waals surface area contributed by atoms with Gasteiger partial charge in [-0.3, -0.25) is 14.5 Å². The summed E-state index contributed by atoms with van der Waals surface area (Å²) in [7, 11) is -3.15. The first-order valence-electron chi connectivity index (χ1n) is 9.93. The Morgan fingerprint density at radius 2 is 1.93 bits per heavy atom. The number of benzene rings is 1. The SMILES string of the molecule is CCC[C@]1(c2ccccc2)NC(=O)N(CC(=O)N(CC)[C@H]2CCS(=O)(=O)C2)C1=O. The van der Waals surface area contributed by atoms with Gasteiger partial charge in [0, 0.05) is 12.6 Å². The second-order valence-electron chi connectivity index (χ2n) is 7.58. The number of likely N-dealkylation sites (N-methyl/N-ethyl adjacent to an activating group) is 1. The summed E-state index contributed by atoms with van der Waals surface area (Å²) in [5, 5.41) is 2.80. The topological polar surface area (TPSA) is 104 Å². The van der Waals surface area contributed by atoms with Crippen LogP contribution in [0.15, 0.2) is 30.3 Å². The zero-order valence-corrected chi connectivity index (χ0v) is 17.6. The highest BCUT2D eigenvalue weighted by atomic mass is 32.2. The van der Waals surface area contributed by atoms with Gasteiger partial charge in [0.05, 0.1) is 11.5 Å². The summed E-state index contributed by atoms with van der Waals surface area (Å²) >= 11 is 0. The van der Waals surface area contributed by atoms with Crippen LogP contribution in [0.5, 0.6) is 0 Å². The number of sulfone groups is 1. The van der Waals surface area contributed by atoms with E-state index in [1.54, 1.807) is 31.2 Å². The largest absolute Gasteiger partial charge is 0.337 e. The molecule has 1 N–H and O–H groups in total. The van der Waals surface area contributed by atoms with Crippen molar-refractivity contribution in [2.75, 3.05) is 24.6 Å². The second kappa shape index (κ2) is 8.14. The van der Waals surface area contributed by atoms with Crippen molar-refractivity contribution < 1.29 is 22.8 Å². The van der Waals surface area contributed by atoms with Crippen molar-refractivity contribution in [3.05, 3.63) is 35.9 Å². The van der Waals surface area contributed by atoms with E-state index in [1.165, 1.54) is 4.90 Å². The van der Waals surface area contributed by atoms with Gasteiger partial charge < -0.3 is 10.2 Å². The molecule has 2 fully saturated rings. The first kappa shape index (κ1) is 21.3. The molecule has 2 atom stereocenters. The summed E-state index contributed by atoms with van der Waals surface area (Å²) in [6.45, 7) is 3.62. The zero-order chi connectivity index (χ0) is 21.2. The van der Waals surface area contributed by atoms with Crippen LogP contribution in [-0.4, -0.2) is 66.7 Å². The molecule has 9 heteroatoms. The molecule has 2 saturated heterocycles. The van der Waals surface area contributed by atoms with Crippen LogP contribution in [0.25, 0.3) is 0 Å². The normalized spacial score (nSPS) is 25.9. The Morgan fingerprint density at radius 1 is 1.24 bits per heavy atom. The van der Waals surface area contributed by atoms with Crippen LogP contribution in [-0.2, 0) is 25.0 Å². The third-order valence-corrected chi connectivity index (χ3v) is 7.42. The van der Waals surface area contributed by atoms with Crippen molar-refractivity contribution in [3.63, 3.8) is 0 Å². The second-order valence-corrected chi connectivity index (χ2v) is 9.81. The highest BCUT2D eigenvalue weighted by Crippen LogP contribution is 2.33. The molecule has 0 saturated carbocycles. The number of imide groups is 1. The van der Waals surface area contributed by atoms with Crippen LogP contribution in [0.4, 0.5) is 4.79 Å². The number of carbonyl (C=O) groups excluding carboxylic acids is 3. The lowest BCUT2D eigenvalue weighted by molar-refractivity contribution is -0.140. The molecule has 0 aromatic heterocycles. The van der Waals surface area contributed by atoms with E-state index >= 15 is 0 Å². The Hall–Kier alpha value is -2.42. The smallest absolute Gasteiger partial charge is 0.325 e. The highest BCUT2D eigenvalue weighted by Gasteiger charge is 2.52. The van der Waals surface area contributed by atoms with Gasteiger partial charge in [0.15, 0.2) is 9.84 Å². The first-order chi connectivity index (χ1) is 13.7. The number of carbonyl (C=O) groups is 3. The number of nitrogens with zero attached hydrogens (tertiary/aromatic N) is 2. The van der Waals surface area contributed by atoms with E-state index in [4.69, 9.17) is 0 Å². The Balaban J connectivity index is 1.81. The maximum absolute atomic E-state index is 13.3. The summed E-state index contributed by atoms with van der Waals surface area (Å²) in [6, 6.07) is 8.02. The molecule has 8 nitrogen and oxygen atoms in total. The summed E-state index contributed by atoms with van der Waals surface area (Å²) in [6.07, 6.45) is 1.47. The van der Waals surface area contributed by atoms with E-state index < -0.39 is 45.8 Å². The lowest BCUT2D eigenvalue weighted by Crippen LogP contribution is -2.48. The van der Waals surface area contributed by atoms with Gasteiger partial charge in [0.1, 0.15) is 12.1 Å². The van der Waals surface area contributed by atoms with Gasteiger partial charge in [-0.1, -0.05) is 43.7 Å². The quantitative estimate of drug-likeness (QED) is 0.668. The van der Waals surface area contributed by atoms with Crippen LogP contribution in [0.3, 0.4) is 0 Å². The monoisotopic (exact) mass is 421 g/mol. The van der Waals surface area contributed by atoms with Gasteiger partial charge in [-0.05, 0) is 25.3 Å². The fraction of sp³-hybridized carbons (Fsp3) is 0.550. The molecule has 0 spiro atoms. The molecule has 2 aliphatic heterocycles. The first-order valence-corrected chi connectivity index (χ1v) is 11.8. The number of urea groups is 1. The Kier molecular flexibility index (Phi) is 5.97. The van der Waals surface area contributed by atoms with E-state index in [0.29, 0.717) is 31.4 Å². The Labute approximate surface area is 171 Å². The van der Waals surface area contributed by atoms with Crippen molar-refractivity contribution in [1.82, 2.24) is 15.1 Å². The molecular formula is C20H27N3O5S. The van der Waals surface area contributed by atoms with Crippen LogP contribution < -0.4 is 5.32 Å². The van der Waals surface area contributed by atoms with Gasteiger partial charge in [0.25, 0.3) is 5.91 Å². The fourth-order valence-corrected chi connectivity index (χ4v) is 5.99. The Bertz CT molecular complexity index is 902. The van der Waals surface area contributed by atoms with Crippen molar-refractivity contribution >= 4 is 27.7 Å². The lowest BCUT2D eigenvalue weighted by Gasteiger charge is -2.29. The fourth-order valence-electron chi connectivity index (χ4n) is 4.26. The van der Waals surface area contributed by atoms with Crippen molar-refractivity contribution in [1.29, 1.82) is 0 Å². The maximum atomic E-state index is 13.3. The van der Waals surface area contributed by atoms with Crippen molar-refractivity contribution in [3.8, 4) is 0 Å². The van der Waals surface area contributed by atoms with Crippen LogP contribution in [0.2, 0.25) is 0 Å². The van der Waals surface area contributed by atoms with Crippen LogP contribution in [0, 0.1) is 0 Å². The molecule has 29 heavy (non-hydrogen) atoms. The van der Waals surface area contributed by atoms with E-state index in [-0.39, 0.29) is 11.5 Å². The molecule has 4 amide bonds. The number of nitrogens with one attached hydrogen (secondary N) is 1. The third kappa shape index (κ3) is 4.01. The van der Waals surface area contributed by atoms with Gasteiger partial charge in [-0.15, -0.1) is 0 Å². The molecular weight excluding hydrogens is 394 g/mol. The number of amides is 4. The van der Waals surface area contributed by atoms with Crippen LogP contribution >= 0.6 is 0 Å². The average Bonchev–Trinajstić information content (AvgIpc) is 3.16. The number of hydrogen-bond acceptors (Lipinski definition) is 5. The highest BCUT2D eigenvalue weighted by molar-refractivity contribution is 7.91. The third-order valence-electron chi connectivity index (χ3n) is 5.67. The molecule has 158 valence electrons. The molecule has 1 aromatic carbocycles. The molecule has 0 bridgehead atoms. The van der Waals surface area contributed by atoms with Gasteiger partial charge in [0.2, 0.25) is 5.91 Å². The summed E-state index contributed by atoms with van der Waals surface area (Å²) < 4.78 is 23.6. The molecule has 1 aromatic rings. The minimum Gasteiger partial charge on any atom is -0.337 e. The zero-order valence-electron chi connectivity index (χ0n) is 16.8. The molecule has 0 radical (unpaired) electrons. The predicted octanol–water partition coefficient (Wildman–Crippen LogP) is 1.27. The number of hydrogen-bond donors (Lipinski definition) is 1. The maximum Gasteiger partial charge on any atom is 0.325 e. The van der Waals surface area contributed by atoms with E-state index in [2.05, 4.69) is 5.32 Å². The Morgan fingerprint density at radius 3 is 2.48 bits per heavy atom. The minimum absolute atomic E-state index is 0.0538. The lowest BCUT2D eigenvalue weighted by atomic mass is 9.85.